The molecule has 4 nitrogen and oxygen atoms in total. The van der Waals surface area contributed by atoms with Gasteiger partial charge in [0.1, 0.15) is 11.5 Å². The number of nitrogens with zero attached hydrogens (tertiary/aromatic N) is 2. The SMILES string of the molecule is CC1CN(C(=O)c2cccc(N)n2)CC1C.Cl. The number of carbonyl (C=O) groups is 1. The smallest absolute Gasteiger partial charge is 0.272 e. The maximum Gasteiger partial charge on any atom is 0.272 e. The summed E-state index contributed by atoms with van der Waals surface area (Å²) in [7, 11) is 0. The second-order valence-corrected chi connectivity index (χ2v) is 4.61. The van der Waals surface area contributed by atoms with E-state index in [2.05, 4.69) is 18.8 Å². The highest BCUT2D eigenvalue weighted by atomic mass is 35.5. The van der Waals surface area contributed by atoms with Crippen molar-refractivity contribution < 1.29 is 4.79 Å². The molecule has 2 N–H and O–H groups in total. The Bertz CT molecular complexity index is 400. The highest BCUT2D eigenvalue weighted by molar-refractivity contribution is 5.92. The van der Waals surface area contributed by atoms with Gasteiger partial charge in [0.15, 0.2) is 0 Å². The predicted molar refractivity (Wildman–Crippen MR) is 70.1 cm³/mol. The quantitative estimate of drug-likeness (QED) is 0.833. The summed E-state index contributed by atoms with van der Waals surface area (Å²) in [6, 6.07) is 5.16. The van der Waals surface area contributed by atoms with E-state index < -0.39 is 0 Å². The van der Waals surface area contributed by atoms with Gasteiger partial charge in [-0.15, -0.1) is 12.4 Å². The maximum absolute atomic E-state index is 12.1. The third kappa shape index (κ3) is 2.88. The lowest BCUT2D eigenvalue weighted by Crippen LogP contribution is -2.29. The Hall–Kier alpha value is -1.29. The van der Waals surface area contributed by atoms with Gasteiger partial charge in [-0.2, -0.15) is 0 Å². The average molecular weight is 256 g/mol. The molecule has 0 saturated carbocycles. The van der Waals surface area contributed by atoms with Crippen molar-refractivity contribution in [2.75, 3.05) is 18.8 Å². The molecular formula is C12H18ClN3O. The molecule has 17 heavy (non-hydrogen) atoms. The molecule has 0 aromatic carbocycles. The number of halogens is 1. The Kier molecular flexibility index (Phi) is 4.34. The van der Waals surface area contributed by atoms with Crippen molar-refractivity contribution in [3.63, 3.8) is 0 Å². The number of amides is 1. The second kappa shape index (κ2) is 5.36. The molecule has 2 unspecified atom stereocenters. The zero-order valence-electron chi connectivity index (χ0n) is 10.1. The van der Waals surface area contributed by atoms with Crippen LogP contribution in [0, 0.1) is 11.8 Å². The summed E-state index contributed by atoms with van der Waals surface area (Å²) in [6.45, 7) is 5.97. The number of hydrogen-bond donors (Lipinski definition) is 1. The molecule has 1 aliphatic heterocycles. The lowest BCUT2D eigenvalue weighted by atomic mass is 10.0. The van der Waals surface area contributed by atoms with E-state index in [9.17, 15) is 4.79 Å². The van der Waals surface area contributed by atoms with Crippen LogP contribution in [0.5, 0.6) is 0 Å². The molecule has 2 atom stereocenters. The highest BCUT2D eigenvalue weighted by Crippen LogP contribution is 2.23. The van der Waals surface area contributed by atoms with Gasteiger partial charge in [0.25, 0.3) is 5.91 Å². The van der Waals surface area contributed by atoms with E-state index in [0.29, 0.717) is 23.3 Å². The Morgan fingerprint density at radius 1 is 1.35 bits per heavy atom. The van der Waals surface area contributed by atoms with Crippen molar-refractivity contribution >= 4 is 24.1 Å². The summed E-state index contributed by atoms with van der Waals surface area (Å²) < 4.78 is 0. The number of nitrogen functional groups attached to an aromatic ring is 1. The van der Waals surface area contributed by atoms with Gasteiger partial charge in [-0.05, 0) is 24.0 Å². The number of likely N-dealkylation sites (tertiary alicyclic amines) is 1. The first-order chi connectivity index (χ1) is 7.58. The van der Waals surface area contributed by atoms with Crippen LogP contribution in [0.25, 0.3) is 0 Å². The van der Waals surface area contributed by atoms with Crippen molar-refractivity contribution in [2.24, 2.45) is 11.8 Å². The van der Waals surface area contributed by atoms with Crippen LogP contribution in [0.2, 0.25) is 0 Å². The topological polar surface area (TPSA) is 59.2 Å². The van der Waals surface area contributed by atoms with Crippen LogP contribution in [0.4, 0.5) is 5.82 Å². The molecule has 1 aliphatic rings. The predicted octanol–water partition coefficient (Wildman–Crippen LogP) is 1.81. The number of carbonyl (C=O) groups excluding carboxylic acids is 1. The Morgan fingerprint density at radius 2 is 1.94 bits per heavy atom. The highest BCUT2D eigenvalue weighted by Gasteiger charge is 2.30. The van der Waals surface area contributed by atoms with E-state index >= 15 is 0 Å². The van der Waals surface area contributed by atoms with Crippen LogP contribution in [0.1, 0.15) is 24.3 Å². The normalized spacial score (nSPS) is 23.3. The van der Waals surface area contributed by atoms with Gasteiger partial charge in [0.05, 0.1) is 0 Å². The van der Waals surface area contributed by atoms with Crippen LogP contribution in [-0.2, 0) is 0 Å². The van der Waals surface area contributed by atoms with E-state index in [1.54, 1.807) is 18.2 Å². The van der Waals surface area contributed by atoms with E-state index in [-0.39, 0.29) is 18.3 Å². The first-order valence-electron chi connectivity index (χ1n) is 5.59. The van der Waals surface area contributed by atoms with Crippen LogP contribution in [-0.4, -0.2) is 28.9 Å². The molecule has 5 heteroatoms. The van der Waals surface area contributed by atoms with Crippen LogP contribution < -0.4 is 5.73 Å². The molecule has 1 fully saturated rings. The number of aromatic nitrogens is 1. The summed E-state index contributed by atoms with van der Waals surface area (Å²) in [5.41, 5.74) is 6.01. The Labute approximate surface area is 108 Å². The van der Waals surface area contributed by atoms with Crippen molar-refractivity contribution in [1.29, 1.82) is 0 Å². The van der Waals surface area contributed by atoms with Gasteiger partial charge in [-0.1, -0.05) is 19.9 Å². The summed E-state index contributed by atoms with van der Waals surface area (Å²) in [4.78, 5) is 18.0. The standard InChI is InChI=1S/C12H17N3O.ClH/c1-8-6-15(7-9(8)2)12(16)10-4-3-5-11(13)14-10;/h3-5,8-9H,6-7H2,1-2H3,(H2,13,14);1H. The van der Waals surface area contributed by atoms with E-state index in [4.69, 9.17) is 5.73 Å². The fraction of sp³-hybridized carbons (Fsp3) is 0.500. The van der Waals surface area contributed by atoms with Crippen molar-refractivity contribution in [2.45, 2.75) is 13.8 Å². The van der Waals surface area contributed by atoms with Crippen molar-refractivity contribution in [3.8, 4) is 0 Å². The number of anilines is 1. The summed E-state index contributed by atoms with van der Waals surface area (Å²) in [5, 5.41) is 0. The lowest BCUT2D eigenvalue weighted by Gasteiger charge is -2.15. The molecule has 0 spiro atoms. The first kappa shape index (κ1) is 13.8. The molecule has 2 rings (SSSR count). The zero-order chi connectivity index (χ0) is 11.7. The number of hydrogen-bond acceptors (Lipinski definition) is 3. The summed E-state index contributed by atoms with van der Waals surface area (Å²) in [6.07, 6.45) is 0. The molecular weight excluding hydrogens is 238 g/mol. The molecule has 0 bridgehead atoms. The van der Waals surface area contributed by atoms with E-state index in [1.165, 1.54) is 0 Å². The fourth-order valence-electron chi connectivity index (χ4n) is 2.03. The molecule has 1 saturated heterocycles. The number of rotatable bonds is 1. The van der Waals surface area contributed by atoms with Crippen molar-refractivity contribution in [1.82, 2.24) is 9.88 Å². The Morgan fingerprint density at radius 3 is 2.47 bits per heavy atom. The third-order valence-electron chi connectivity index (χ3n) is 3.27. The fourth-order valence-corrected chi connectivity index (χ4v) is 2.03. The van der Waals surface area contributed by atoms with E-state index in [0.717, 1.165) is 13.1 Å². The molecule has 1 aromatic rings. The zero-order valence-corrected chi connectivity index (χ0v) is 10.9. The maximum atomic E-state index is 12.1. The summed E-state index contributed by atoms with van der Waals surface area (Å²) >= 11 is 0. The summed E-state index contributed by atoms with van der Waals surface area (Å²) in [5.74, 6) is 1.50. The van der Waals surface area contributed by atoms with Crippen LogP contribution >= 0.6 is 12.4 Å². The minimum atomic E-state index is -0.0106. The van der Waals surface area contributed by atoms with Crippen LogP contribution in [0.15, 0.2) is 18.2 Å². The van der Waals surface area contributed by atoms with Gasteiger partial charge in [-0.25, -0.2) is 4.98 Å². The number of nitrogens with two attached hydrogens (primary N) is 1. The monoisotopic (exact) mass is 255 g/mol. The third-order valence-corrected chi connectivity index (χ3v) is 3.27. The van der Waals surface area contributed by atoms with Gasteiger partial charge in [0.2, 0.25) is 0 Å². The minimum absolute atomic E-state index is 0. The van der Waals surface area contributed by atoms with Crippen molar-refractivity contribution in [3.05, 3.63) is 23.9 Å². The molecule has 2 heterocycles. The lowest BCUT2D eigenvalue weighted by molar-refractivity contribution is 0.0779. The van der Waals surface area contributed by atoms with Gasteiger partial charge in [-0.3, -0.25) is 4.79 Å². The van der Waals surface area contributed by atoms with Crippen LogP contribution in [0.3, 0.4) is 0 Å². The number of pyridine rings is 1. The van der Waals surface area contributed by atoms with Gasteiger partial charge in [0, 0.05) is 13.1 Å². The largest absolute Gasteiger partial charge is 0.384 e. The van der Waals surface area contributed by atoms with Gasteiger partial charge < -0.3 is 10.6 Å². The molecule has 94 valence electrons. The molecule has 1 amide bonds. The van der Waals surface area contributed by atoms with Gasteiger partial charge >= 0.3 is 0 Å². The Balaban J connectivity index is 0.00000144. The second-order valence-electron chi connectivity index (χ2n) is 4.61. The molecule has 1 aromatic heterocycles. The van der Waals surface area contributed by atoms with E-state index in [1.807, 2.05) is 4.90 Å². The minimum Gasteiger partial charge on any atom is -0.384 e. The first-order valence-corrected chi connectivity index (χ1v) is 5.59. The molecule has 0 radical (unpaired) electrons. The molecule has 0 aliphatic carbocycles. The average Bonchev–Trinajstić information content (AvgIpc) is 2.58.